The number of benzene rings is 10. The van der Waals surface area contributed by atoms with Crippen LogP contribution in [0.2, 0.25) is 0 Å². The zero-order valence-corrected chi connectivity index (χ0v) is 29.3. The Morgan fingerprint density at radius 1 is 0.340 bits per heavy atom. The van der Waals surface area contributed by atoms with E-state index in [2.05, 4.69) is 158 Å². The van der Waals surface area contributed by atoms with Crippen molar-refractivity contribution in [1.82, 2.24) is 0 Å². The minimum atomic E-state index is -4.29. The maximum atomic E-state index is 14.8. The van der Waals surface area contributed by atoms with E-state index in [-0.39, 0.29) is 0 Å². The molecule has 4 nitrogen and oxygen atoms in total. The van der Waals surface area contributed by atoms with Crippen molar-refractivity contribution in [2.24, 2.45) is 5.50 Å². The Morgan fingerprint density at radius 2 is 0.585 bits per heavy atom. The molecule has 0 saturated carbocycles. The summed E-state index contributed by atoms with van der Waals surface area (Å²) in [5, 5.41) is 12.6. The molecule has 0 spiro atoms. The summed E-state index contributed by atoms with van der Waals surface area (Å²) in [5.41, 5.74) is 11.9. The first-order chi connectivity index (χ1) is 26.0. The molecule has 5 heteroatoms. The van der Waals surface area contributed by atoms with Gasteiger partial charge < -0.3 is 9.05 Å². The van der Waals surface area contributed by atoms with Crippen LogP contribution in [-0.4, -0.2) is 0 Å². The Bertz CT molecular complexity index is 2920. The number of hydrogen-bond donors (Lipinski definition) is 1. The fourth-order valence-corrected chi connectivity index (χ4v) is 9.52. The van der Waals surface area contributed by atoms with E-state index in [1.54, 1.807) is 0 Å². The van der Waals surface area contributed by atoms with E-state index in [0.717, 1.165) is 98.0 Å². The van der Waals surface area contributed by atoms with Crippen molar-refractivity contribution < 1.29 is 13.6 Å². The van der Waals surface area contributed by atoms with Crippen LogP contribution in [0.1, 0.15) is 0 Å². The number of hydrogen-bond acceptors (Lipinski definition) is 3. The summed E-state index contributed by atoms with van der Waals surface area (Å²) < 4.78 is 28.1. The van der Waals surface area contributed by atoms with E-state index in [1.165, 1.54) is 0 Å². The molecule has 0 fully saturated rings. The smallest absolute Gasteiger partial charge is 0.403 e. The average molecular weight is 700 g/mol. The van der Waals surface area contributed by atoms with Gasteiger partial charge in [0.25, 0.3) is 0 Å². The van der Waals surface area contributed by atoms with Gasteiger partial charge in [0.15, 0.2) is 0 Å². The Labute approximate surface area is 305 Å². The van der Waals surface area contributed by atoms with Crippen LogP contribution in [0.5, 0.6) is 11.5 Å². The third-order valence-corrected chi connectivity index (χ3v) is 11.6. The Kier molecular flexibility index (Phi) is 6.42. The molecule has 0 bridgehead atoms. The van der Waals surface area contributed by atoms with Crippen LogP contribution in [0.25, 0.3) is 98.0 Å². The zero-order chi connectivity index (χ0) is 35.3. The second-order valence-corrected chi connectivity index (χ2v) is 15.3. The van der Waals surface area contributed by atoms with Crippen molar-refractivity contribution in [3.8, 4) is 44.9 Å². The molecule has 1 aliphatic rings. The van der Waals surface area contributed by atoms with E-state index in [9.17, 15) is 4.57 Å². The second-order valence-electron chi connectivity index (χ2n) is 13.8. The van der Waals surface area contributed by atoms with Crippen LogP contribution in [-0.2, 0) is 4.57 Å². The SMILES string of the molecule is NP1(=O)Oc2c(-c3c4ccccc4cc4ccccc34)cc3ccccc3c2-c2c(c(-c3c4ccccc4cc4ccccc34)cc3ccccc23)O1. The van der Waals surface area contributed by atoms with Crippen molar-refractivity contribution in [3.05, 3.63) is 170 Å². The summed E-state index contributed by atoms with van der Waals surface area (Å²) in [6, 6.07) is 58.9. The van der Waals surface area contributed by atoms with Crippen LogP contribution in [0.4, 0.5) is 0 Å². The Hall–Kier alpha value is -6.45. The van der Waals surface area contributed by atoms with Gasteiger partial charge in [0, 0.05) is 33.4 Å². The molecule has 250 valence electrons. The molecule has 2 N–H and O–H groups in total. The lowest BCUT2D eigenvalue weighted by atomic mass is 9.83. The molecule has 0 aromatic heterocycles. The van der Waals surface area contributed by atoms with Gasteiger partial charge in [-0.15, -0.1) is 0 Å². The fraction of sp³-hybridized carbons (Fsp3) is 0. The van der Waals surface area contributed by atoms with Crippen LogP contribution >= 0.6 is 7.75 Å². The molecular formula is C48H30NO3P. The quantitative estimate of drug-likeness (QED) is 0.144. The molecular weight excluding hydrogens is 670 g/mol. The topological polar surface area (TPSA) is 61.6 Å². The largest absolute Gasteiger partial charge is 0.510 e. The van der Waals surface area contributed by atoms with Crippen LogP contribution in [0.3, 0.4) is 0 Å². The number of rotatable bonds is 2. The van der Waals surface area contributed by atoms with Gasteiger partial charge >= 0.3 is 7.75 Å². The molecule has 0 atom stereocenters. The van der Waals surface area contributed by atoms with Gasteiger partial charge in [-0.05, 0) is 88.9 Å². The standard InChI is InChI=1S/C48H30NO3P/c49-53(50)51-47-41(43-35-19-7-1-13-29(35)25-30-14-2-8-20-36(30)43)27-33-17-5-11-23-39(33)45(47)46-40-24-12-6-18-34(40)28-42(48(46)52-53)44-37-21-9-3-15-31(37)26-32-16-4-10-22-38(32)44/h1-28H,(H2,49,50). The van der Waals surface area contributed by atoms with Crippen LogP contribution in [0, 0.1) is 0 Å². The summed E-state index contributed by atoms with van der Waals surface area (Å²) in [6.07, 6.45) is 0. The molecule has 53 heavy (non-hydrogen) atoms. The van der Waals surface area contributed by atoms with Crippen molar-refractivity contribution in [1.29, 1.82) is 0 Å². The molecule has 11 rings (SSSR count). The highest BCUT2D eigenvalue weighted by molar-refractivity contribution is 7.52. The second kappa shape index (κ2) is 11.3. The lowest BCUT2D eigenvalue weighted by Gasteiger charge is -2.21. The molecule has 10 aromatic rings. The van der Waals surface area contributed by atoms with Crippen molar-refractivity contribution >= 4 is 72.4 Å². The molecule has 1 heterocycles. The lowest BCUT2D eigenvalue weighted by molar-refractivity contribution is 0.394. The van der Waals surface area contributed by atoms with Gasteiger partial charge in [0.2, 0.25) is 0 Å². The molecule has 0 amide bonds. The first-order valence-corrected chi connectivity index (χ1v) is 19.3. The van der Waals surface area contributed by atoms with Gasteiger partial charge in [-0.25, -0.2) is 10.1 Å². The van der Waals surface area contributed by atoms with E-state index in [1.807, 2.05) is 12.1 Å². The zero-order valence-electron chi connectivity index (χ0n) is 28.4. The van der Waals surface area contributed by atoms with Crippen LogP contribution in [0.15, 0.2) is 170 Å². The average Bonchev–Trinajstić information content (AvgIpc) is 3.32. The summed E-state index contributed by atoms with van der Waals surface area (Å²) >= 11 is 0. The fourth-order valence-electron chi connectivity index (χ4n) is 8.60. The Balaban J connectivity index is 1.37. The number of fused-ring (bicyclic) bond motifs is 11. The van der Waals surface area contributed by atoms with Gasteiger partial charge in [0.1, 0.15) is 11.5 Å². The lowest BCUT2D eigenvalue weighted by Crippen LogP contribution is -2.09. The normalized spacial score (nSPS) is 13.5. The molecule has 0 aliphatic carbocycles. The third-order valence-electron chi connectivity index (χ3n) is 10.8. The highest BCUT2D eigenvalue weighted by atomic mass is 31.2. The molecule has 0 unspecified atom stereocenters. The van der Waals surface area contributed by atoms with Gasteiger partial charge in [-0.3, -0.25) is 0 Å². The molecule has 0 radical (unpaired) electrons. The molecule has 0 saturated heterocycles. The first kappa shape index (κ1) is 30.2. The van der Waals surface area contributed by atoms with Gasteiger partial charge in [0.05, 0.1) is 0 Å². The summed E-state index contributed by atoms with van der Waals surface area (Å²) in [6.45, 7) is 0. The number of nitrogens with two attached hydrogens (primary N) is 1. The highest BCUT2D eigenvalue weighted by Gasteiger charge is 2.37. The molecule has 1 aliphatic heterocycles. The monoisotopic (exact) mass is 699 g/mol. The van der Waals surface area contributed by atoms with E-state index < -0.39 is 7.75 Å². The van der Waals surface area contributed by atoms with Crippen molar-refractivity contribution in [2.45, 2.75) is 0 Å². The first-order valence-electron chi connectivity index (χ1n) is 17.7. The van der Waals surface area contributed by atoms with Crippen molar-refractivity contribution in [3.63, 3.8) is 0 Å². The van der Waals surface area contributed by atoms with Gasteiger partial charge in [-0.1, -0.05) is 146 Å². The van der Waals surface area contributed by atoms with Crippen LogP contribution < -0.4 is 14.6 Å². The van der Waals surface area contributed by atoms with E-state index in [0.29, 0.717) is 11.5 Å². The maximum Gasteiger partial charge on any atom is 0.510 e. The summed E-state index contributed by atoms with van der Waals surface area (Å²) in [7, 11) is -4.29. The summed E-state index contributed by atoms with van der Waals surface area (Å²) in [5.74, 6) is 0.889. The van der Waals surface area contributed by atoms with E-state index >= 15 is 0 Å². The van der Waals surface area contributed by atoms with Crippen molar-refractivity contribution in [2.75, 3.05) is 0 Å². The minimum Gasteiger partial charge on any atom is -0.403 e. The predicted molar refractivity (Wildman–Crippen MR) is 221 cm³/mol. The Morgan fingerprint density at radius 3 is 0.887 bits per heavy atom. The van der Waals surface area contributed by atoms with E-state index in [4.69, 9.17) is 14.6 Å². The minimum absolute atomic E-state index is 0.444. The molecule has 10 aromatic carbocycles. The maximum absolute atomic E-state index is 14.8. The van der Waals surface area contributed by atoms with Gasteiger partial charge in [-0.2, -0.15) is 0 Å². The third kappa shape index (κ3) is 4.57. The predicted octanol–water partition coefficient (Wildman–Crippen LogP) is 13.4. The highest BCUT2D eigenvalue weighted by Crippen LogP contribution is 2.61. The summed E-state index contributed by atoms with van der Waals surface area (Å²) in [4.78, 5) is 0.